The molecule has 2 aromatic carbocycles. The molecule has 4 rings (SSSR count). The molecule has 0 aliphatic carbocycles. The molecule has 0 fully saturated rings. The number of alkyl halides is 3. The van der Waals surface area contributed by atoms with Gasteiger partial charge in [-0.05, 0) is 42.8 Å². The highest BCUT2D eigenvalue weighted by molar-refractivity contribution is 7.91. The molecule has 4 nitrogen and oxygen atoms in total. The summed E-state index contributed by atoms with van der Waals surface area (Å²) in [6.07, 6.45) is -4.25. The Kier molecular flexibility index (Phi) is 4.04. The Balaban J connectivity index is 1.86. The van der Waals surface area contributed by atoms with Crippen LogP contribution in [0.25, 0.3) is 11.0 Å². The molecule has 1 aliphatic rings. The first-order valence-corrected chi connectivity index (χ1v) is 9.52. The Morgan fingerprint density at radius 3 is 2.52 bits per heavy atom. The van der Waals surface area contributed by atoms with Crippen molar-refractivity contribution in [3.63, 3.8) is 0 Å². The fourth-order valence-corrected chi connectivity index (χ4v) is 4.59. The predicted molar refractivity (Wildman–Crippen MR) is 88.6 cm³/mol. The van der Waals surface area contributed by atoms with Crippen LogP contribution in [0.4, 0.5) is 17.6 Å². The summed E-state index contributed by atoms with van der Waals surface area (Å²) in [7, 11) is -4.02. The number of halogens is 4. The van der Waals surface area contributed by atoms with E-state index >= 15 is 0 Å². The minimum Gasteiger partial charge on any atom is -0.459 e. The quantitative estimate of drug-likeness (QED) is 0.658. The van der Waals surface area contributed by atoms with Crippen molar-refractivity contribution in [2.24, 2.45) is 0 Å². The molecule has 1 N–H and O–H groups in total. The molecule has 1 unspecified atom stereocenters. The number of sulfone groups is 1. The maximum Gasteiger partial charge on any atom is 0.411 e. The van der Waals surface area contributed by atoms with Gasteiger partial charge in [-0.15, -0.1) is 0 Å². The second kappa shape index (κ2) is 6.07. The van der Waals surface area contributed by atoms with Gasteiger partial charge in [-0.2, -0.15) is 13.2 Å². The van der Waals surface area contributed by atoms with Crippen LogP contribution < -0.4 is 5.32 Å². The average Bonchev–Trinajstić information content (AvgIpc) is 2.98. The van der Waals surface area contributed by atoms with E-state index in [1.165, 1.54) is 30.3 Å². The minimum absolute atomic E-state index is 0.0900. The van der Waals surface area contributed by atoms with E-state index in [1.807, 2.05) is 0 Å². The van der Waals surface area contributed by atoms with Crippen LogP contribution in [0, 0.1) is 5.82 Å². The fourth-order valence-electron chi connectivity index (χ4n) is 3.27. The standard InChI is InChI=1S/C18H13F4NO3S/c19-10-2-1-3-11(8-10)27(24,25)12-4-5-15-14(9-12)13-6-7-23-17(16(13)26-15)18(20,21)22/h1-5,8-9,17,23H,6-7H2. The number of hydrogen-bond donors (Lipinski definition) is 1. The number of hydrogen-bond acceptors (Lipinski definition) is 4. The zero-order valence-corrected chi connectivity index (χ0v) is 14.5. The van der Waals surface area contributed by atoms with Crippen molar-refractivity contribution < 1.29 is 30.4 Å². The third kappa shape index (κ3) is 3.00. The monoisotopic (exact) mass is 399 g/mol. The van der Waals surface area contributed by atoms with Gasteiger partial charge >= 0.3 is 6.18 Å². The summed E-state index contributed by atoms with van der Waals surface area (Å²) in [5, 5.41) is 2.69. The first kappa shape index (κ1) is 18.0. The molecular formula is C18H13F4NO3S. The molecule has 0 spiro atoms. The second-order valence-electron chi connectivity index (χ2n) is 6.24. The lowest BCUT2D eigenvalue weighted by atomic mass is 9.99. The molecule has 1 aliphatic heterocycles. The van der Waals surface area contributed by atoms with Gasteiger partial charge in [0.25, 0.3) is 0 Å². The summed E-state index contributed by atoms with van der Waals surface area (Å²) < 4.78 is 84.0. The van der Waals surface area contributed by atoms with Crippen molar-refractivity contribution >= 4 is 20.8 Å². The first-order chi connectivity index (χ1) is 12.7. The normalized spacial score (nSPS) is 17.9. The number of nitrogens with one attached hydrogen (secondary N) is 1. The third-order valence-electron chi connectivity index (χ3n) is 4.52. The van der Waals surface area contributed by atoms with Gasteiger partial charge in [0.15, 0.2) is 6.04 Å². The van der Waals surface area contributed by atoms with Gasteiger partial charge in [-0.1, -0.05) is 6.07 Å². The highest BCUT2D eigenvalue weighted by atomic mass is 32.2. The Labute approximate surface area is 151 Å². The molecule has 0 radical (unpaired) electrons. The topological polar surface area (TPSA) is 59.3 Å². The van der Waals surface area contributed by atoms with E-state index in [1.54, 1.807) is 0 Å². The Hall–Kier alpha value is -2.39. The molecule has 142 valence electrons. The SMILES string of the molecule is O=S(=O)(c1cccc(F)c1)c1ccc2oc3c(c2c1)CCNC3C(F)(F)F. The largest absolute Gasteiger partial charge is 0.459 e. The molecule has 0 bridgehead atoms. The van der Waals surface area contributed by atoms with E-state index in [0.29, 0.717) is 10.9 Å². The molecule has 2 heterocycles. The molecule has 9 heteroatoms. The lowest BCUT2D eigenvalue weighted by Gasteiger charge is -2.24. The molecule has 3 aromatic rings. The van der Waals surface area contributed by atoms with Crippen molar-refractivity contribution in [3.05, 3.63) is 59.6 Å². The van der Waals surface area contributed by atoms with Crippen LogP contribution in [0.3, 0.4) is 0 Å². The van der Waals surface area contributed by atoms with E-state index in [-0.39, 0.29) is 34.1 Å². The molecule has 0 amide bonds. The Morgan fingerprint density at radius 1 is 1.07 bits per heavy atom. The van der Waals surface area contributed by atoms with E-state index in [2.05, 4.69) is 5.32 Å². The summed E-state index contributed by atoms with van der Waals surface area (Å²) in [6, 6.07) is 6.48. The Morgan fingerprint density at radius 2 is 1.81 bits per heavy atom. The van der Waals surface area contributed by atoms with Gasteiger partial charge < -0.3 is 4.42 Å². The van der Waals surface area contributed by atoms with E-state index in [9.17, 15) is 26.0 Å². The highest BCUT2D eigenvalue weighted by Gasteiger charge is 2.45. The molecular weight excluding hydrogens is 386 g/mol. The number of rotatable bonds is 2. The highest BCUT2D eigenvalue weighted by Crippen LogP contribution is 2.41. The summed E-state index contributed by atoms with van der Waals surface area (Å²) in [4.78, 5) is -0.361. The maximum absolute atomic E-state index is 13.4. The molecule has 1 aromatic heterocycles. The van der Waals surface area contributed by atoms with Crippen molar-refractivity contribution in [2.75, 3.05) is 6.54 Å². The van der Waals surface area contributed by atoms with Gasteiger partial charge in [-0.3, -0.25) is 5.32 Å². The Bertz CT molecular complexity index is 1140. The molecule has 27 heavy (non-hydrogen) atoms. The van der Waals surface area contributed by atoms with Crippen LogP contribution in [0.1, 0.15) is 17.4 Å². The van der Waals surface area contributed by atoms with Gasteiger partial charge in [0.05, 0.1) is 9.79 Å². The van der Waals surface area contributed by atoms with Crippen molar-refractivity contribution in [2.45, 2.75) is 28.4 Å². The van der Waals surface area contributed by atoms with E-state index in [4.69, 9.17) is 4.42 Å². The zero-order chi connectivity index (χ0) is 19.4. The van der Waals surface area contributed by atoms with Gasteiger partial charge in [-0.25, -0.2) is 12.8 Å². The third-order valence-corrected chi connectivity index (χ3v) is 6.27. The number of furan rings is 1. The van der Waals surface area contributed by atoms with E-state index < -0.39 is 27.9 Å². The first-order valence-electron chi connectivity index (χ1n) is 8.04. The summed E-state index contributed by atoms with van der Waals surface area (Å²) in [5.41, 5.74) is 0.513. The van der Waals surface area contributed by atoms with Gasteiger partial charge in [0.1, 0.15) is 17.2 Å². The van der Waals surface area contributed by atoms with Gasteiger partial charge in [0, 0.05) is 17.5 Å². The molecule has 1 atom stereocenters. The van der Waals surface area contributed by atoms with Crippen LogP contribution in [0.2, 0.25) is 0 Å². The van der Waals surface area contributed by atoms with Crippen molar-refractivity contribution in [3.8, 4) is 0 Å². The summed E-state index contributed by atoms with van der Waals surface area (Å²) >= 11 is 0. The molecule has 0 saturated heterocycles. The van der Waals surface area contributed by atoms with Crippen LogP contribution in [0.15, 0.2) is 56.7 Å². The second-order valence-corrected chi connectivity index (χ2v) is 8.19. The maximum atomic E-state index is 13.4. The molecule has 0 saturated carbocycles. The number of benzene rings is 2. The zero-order valence-electron chi connectivity index (χ0n) is 13.7. The summed E-state index contributed by atoms with van der Waals surface area (Å²) in [6.45, 7) is 0.0900. The predicted octanol–water partition coefficient (Wildman–Crippen LogP) is 4.15. The number of fused-ring (bicyclic) bond motifs is 3. The van der Waals surface area contributed by atoms with Crippen LogP contribution in [0.5, 0.6) is 0 Å². The smallest absolute Gasteiger partial charge is 0.411 e. The summed E-state index contributed by atoms with van der Waals surface area (Å²) in [5.74, 6) is -0.944. The van der Waals surface area contributed by atoms with Crippen LogP contribution >= 0.6 is 0 Å². The van der Waals surface area contributed by atoms with Crippen LogP contribution in [-0.4, -0.2) is 21.1 Å². The van der Waals surface area contributed by atoms with E-state index in [0.717, 1.165) is 12.1 Å². The lowest BCUT2D eigenvalue weighted by molar-refractivity contribution is -0.162. The lowest BCUT2D eigenvalue weighted by Crippen LogP contribution is -2.38. The van der Waals surface area contributed by atoms with Crippen LogP contribution in [-0.2, 0) is 16.3 Å². The average molecular weight is 399 g/mol. The van der Waals surface area contributed by atoms with Crippen molar-refractivity contribution in [1.29, 1.82) is 0 Å². The fraction of sp³-hybridized carbons (Fsp3) is 0.222. The van der Waals surface area contributed by atoms with Gasteiger partial charge in [0.2, 0.25) is 9.84 Å². The van der Waals surface area contributed by atoms with Crippen molar-refractivity contribution in [1.82, 2.24) is 5.32 Å². The minimum atomic E-state index is -4.53.